The Morgan fingerprint density at radius 3 is 1.04 bits per heavy atom. The number of carbonyl (C=O) groups excluding carboxylic acids is 13. The molecule has 0 saturated heterocycles. The van der Waals surface area contributed by atoms with Crippen molar-refractivity contribution in [2.75, 3.05) is 111 Å². The molecule has 0 spiro atoms. The maximum Gasteiger partial charge on any atom is 0.407 e. The second-order valence-corrected chi connectivity index (χ2v) is 37.5. The SMILES string of the molecule is CCC(C)(C)C(=O)O.CCC(C)(C)C(=O)OCC(O)COC(=O)CCSCC(C)(C)C(=O)OC.CCC(C)(C)C(=O)OCCOC(=O)CCC(=O)O.CCC(C)(C)C(=O)OCCOC(=O)c1ccccc1C(=O)O.CCCCC(CC)COC(=O)CCCCCOC(=O)NCCOC(=O)C(C)(C)CC.CCCCC(CC)COC(=O)CCCCCOC(=O)NCCOC(=O)C(C)(C)CC. The lowest BCUT2D eigenvalue weighted by atomic mass is 9.91. The average molecular weight is 1940 g/mol. The normalized spacial score (nSPS) is 11.9. The van der Waals surface area contributed by atoms with Gasteiger partial charge < -0.3 is 92.6 Å². The first-order valence-corrected chi connectivity index (χ1v) is 48.3. The topological polar surface area (TPSA) is 498 Å². The predicted molar refractivity (Wildman–Crippen MR) is 507 cm³/mol. The molecule has 35 nitrogen and oxygen atoms in total. The Balaban J connectivity index is -0.000000511. The predicted octanol–water partition coefficient (Wildman–Crippen LogP) is 17.6. The van der Waals surface area contributed by atoms with Gasteiger partial charge in [0.15, 0.2) is 0 Å². The summed E-state index contributed by atoms with van der Waals surface area (Å²) in [7, 11) is 1.35. The number of alkyl carbamates (subject to hydrolysis) is 2. The first-order valence-electron chi connectivity index (χ1n) is 47.2. The Morgan fingerprint density at radius 1 is 0.343 bits per heavy atom. The second-order valence-electron chi connectivity index (χ2n) is 36.4. The zero-order valence-corrected chi connectivity index (χ0v) is 86.4. The molecule has 1 aromatic carbocycles. The third kappa shape index (κ3) is 68.6. The van der Waals surface area contributed by atoms with Crippen molar-refractivity contribution in [1.82, 2.24) is 10.6 Å². The molecule has 36 heteroatoms. The Labute approximate surface area is 801 Å². The van der Waals surface area contributed by atoms with E-state index in [0.717, 1.165) is 64.2 Å². The number of thioether (sulfide) groups is 1. The van der Waals surface area contributed by atoms with Crippen molar-refractivity contribution in [2.45, 2.75) is 333 Å². The van der Waals surface area contributed by atoms with Gasteiger partial charge in [-0.2, -0.15) is 11.8 Å². The maximum absolute atomic E-state index is 11.8. The molecule has 0 fully saturated rings. The molecular weight excluding hydrogens is 1770 g/mol. The Morgan fingerprint density at radius 2 is 0.687 bits per heavy atom. The third-order valence-electron chi connectivity index (χ3n) is 22.0. The van der Waals surface area contributed by atoms with Crippen molar-refractivity contribution in [3.8, 4) is 0 Å². The van der Waals surface area contributed by atoms with Gasteiger partial charge in [0.25, 0.3) is 0 Å². The monoisotopic (exact) mass is 1940 g/mol. The van der Waals surface area contributed by atoms with Gasteiger partial charge in [-0.05, 0) is 211 Å². The summed E-state index contributed by atoms with van der Waals surface area (Å²) in [5.74, 6) is -5.09. The molecular formula is C98H170N2O33S. The van der Waals surface area contributed by atoms with Crippen LogP contribution in [0.15, 0.2) is 24.3 Å². The number of carboxylic acids is 3. The van der Waals surface area contributed by atoms with Gasteiger partial charge in [-0.25, -0.2) is 19.2 Å². The molecule has 3 atom stereocenters. The minimum Gasteiger partial charge on any atom is -0.481 e. The third-order valence-corrected chi connectivity index (χ3v) is 23.4. The van der Waals surface area contributed by atoms with Crippen LogP contribution < -0.4 is 10.6 Å². The number of benzene rings is 1. The lowest BCUT2D eigenvalue weighted by Crippen LogP contribution is -2.32. The molecule has 776 valence electrons. The van der Waals surface area contributed by atoms with Crippen LogP contribution in [-0.4, -0.2) is 233 Å². The number of unbranched alkanes of at least 4 members (excludes halogenated alkanes) is 6. The van der Waals surface area contributed by atoms with Crippen LogP contribution in [0, 0.1) is 49.7 Å². The van der Waals surface area contributed by atoms with Gasteiger partial charge in [0.1, 0.15) is 59.0 Å². The zero-order valence-electron chi connectivity index (χ0n) is 85.6. The van der Waals surface area contributed by atoms with Crippen molar-refractivity contribution in [3.05, 3.63) is 35.4 Å². The number of ether oxygens (including phenoxy) is 13. The molecule has 0 aliphatic rings. The number of aliphatic carboxylic acids is 2. The van der Waals surface area contributed by atoms with E-state index in [2.05, 4.69) is 38.3 Å². The van der Waals surface area contributed by atoms with E-state index in [4.69, 9.17) is 76.9 Å². The molecule has 0 radical (unpaired) electrons. The number of rotatable bonds is 63. The van der Waals surface area contributed by atoms with E-state index in [0.29, 0.717) is 114 Å². The fourth-order valence-corrected chi connectivity index (χ4v) is 10.5. The molecule has 1 rings (SSSR count). The van der Waals surface area contributed by atoms with E-state index >= 15 is 0 Å². The number of carboxylic acid groups (broad SMARTS) is 3. The largest absolute Gasteiger partial charge is 0.481 e. The fourth-order valence-electron chi connectivity index (χ4n) is 9.40. The number of hydrogen-bond donors (Lipinski definition) is 6. The Bertz CT molecular complexity index is 3460. The molecule has 0 aliphatic carbocycles. The van der Waals surface area contributed by atoms with Crippen LogP contribution >= 0.6 is 11.8 Å². The van der Waals surface area contributed by atoms with E-state index in [1.807, 2.05) is 69.2 Å². The zero-order chi connectivity index (χ0) is 104. The fraction of sp³-hybridized carbons (Fsp3) is 0.776. The number of carbonyl (C=O) groups is 16. The summed E-state index contributed by atoms with van der Waals surface area (Å²) in [6.07, 6.45) is 15.8. The maximum atomic E-state index is 11.8. The number of hydrogen-bond acceptors (Lipinski definition) is 31. The van der Waals surface area contributed by atoms with Gasteiger partial charge >= 0.3 is 95.8 Å². The average Bonchev–Trinajstić information content (AvgIpc) is 0.845. The first kappa shape index (κ1) is 133. The van der Waals surface area contributed by atoms with Crippen molar-refractivity contribution >= 4 is 108 Å². The van der Waals surface area contributed by atoms with Crippen LogP contribution in [0.25, 0.3) is 0 Å². The highest BCUT2D eigenvalue weighted by Gasteiger charge is 2.33. The first-order chi connectivity index (χ1) is 62.6. The quantitative estimate of drug-likeness (QED) is 0.0200. The molecule has 0 aliphatic heterocycles. The van der Waals surface area contributed by atoms with Gasteiger partial charge in [-0.15, -0.1) is 0 Å². The standard InChI is InChI=1S/2C23H43NO6.C18H32O7S.C16H20O6.C12H20O6.C6H12O2/c2*1-6-9-13-19(7-2)18-30-20(25)14-11-10-12-16-29-22(27)24-15-17-28-21(26)23(4,5)8-3;1-7-17(2,3)16(22)25-11-13(19)10-24-14(20)8-9-26-12-18(4,5)15(21)23-6;1-4-16(2,3)15(20)22-10-9-21-14(19)12-8-6-5-7-11(12)13(17)18;1-4-12(2,3)11(16)18-8-7-17-10(15)6-5-9(13)14;1-4-6(2,3)5(7)8/h2*19H,6-18H2,1-5H3,(H,24,27);13,19H,7-12H2,1-6H3;5-8H,4,9-10H2,1-3H3,(H,17,18);4-8H2,1-3H3,(H,13,14);4H2,1-3H3,(H,7,8). The number of aliphatic hydroxyl groups is 1. The van der Waals surface area contributed by atoms with Crippen LogP contribution in [0.2, 0.25) is 0 Å². The highest BCUT2D eigenvalue weighted by atomic mass is 32.2. The molecule has 0 aromatic heterocycles. The van der Waals surface area contributed by atoms with Gasteiger partial charge in [0, 0.05) is 24.3 Å². The van der Waals surface area contributed by atoms with Crippen LogP contribution in [0.3, 0.4) is 0 Å². The van der Waals surface area contributed by atoms with Gasteiger partial charge in [-0.3, -0.25) is 57.5 Å². The van der Waals surface area contributed by atoms with Gasteiger partial charge in [0.2, 0.25) is 0 Å². The van der Waals surface area contributed by atoms with Crippen LogP contribution in [0.4, 0.5) is 9.59 Å². The smallest absolute Gasteiger partial charge is 0.407 e. The summed E-state index contributed by atoms with van der Waals surface area (Å²) >= 11 is 1.45. The summed E-state index contributed by atoms with van der Waals surface area (Å²) in [6, 6.07) is 5.77. The van der Waals surface area contributed by atoms with Crippen molar-refractivity contribution < 1.29 is 159 Å². The summed E-state index contributed by atoms with van der Waals surface area (Å²) in [5.41, 5.74) is -4.08. The molecule has 0 heterocycles. The number of aliphatic hydroxyl groups excluding tert-OH is 1. The Hall–Kier alpha value is -9.35. The van der Waals surface area contributed by atoms with Crippen LogP contribution in [0.1, 0.15) is 347 Å². The highest BCUT2D eigenvalue weighted by Crippen LogP contribution is 2.28. The summed E-state index contributed by atoms with van der Waals surface area (Å²) in [6.45, 7) is 46.5. The summed E-state index contributed by atoms with van der Waals surface area (Å²) < 4.78 is 65.5. The van der Waals surface area contributed by atoms with E-state index in [1.165, 1.54) is 49.9 Å². The van der Waals surface area contributed by atoms with E-state index in [9.17, 15) is 81.8 Å². The number of nitrogens with one attached hydrogen (secondary N) is 2. The lowest BCUT2D eigenvalue weighted by molar-refractivity contribution is -0.160. The van der Waals surface area contributed by atoms with Crippen molar-refractivity contribution in [1.29, 1.82) is 0 Å². The Kier molecular flexibility index (Phi) is 75.3. The molecule has 3 unspecified atom stereocenters. The molecule has 134 heavy (non-hydrogen) atoms. The van der Waals surface area contributed by atoms with Crippen LogP contribution in [-0.2, 0) is 119 Å². The number of amides is 2. The molecule has 1 aromatic rings. The van der Waals surface area contributed by atoms with Gasteiger partial charge in [-0.1, -0.05) is 120 Å². The number of aromatic carboxylic acids is 1. The number of esters is 11. The van der Waals surface area contributed by atoms with E-state index < -0.39 is 98.0 Å². The van der Waals surface area contributed by atoms with Gasteiger partial charge in [0.05, 0.1) is 115 Å². The minimum atomic E-state index is -1.20. The molecule has 0 bridgehead atoms. The van der Waals surface area contributed by atoms with Crippen LogP contribution in [0.5, 0.6) is 0 Å². The molecule has 0 saturated carbocycles. The lowest BCUT2D eigenvalue weighted by Gasteiger charge is -2.21. The molecule has 6 N–H and O–H groups in total. The summed E-state index contributed by atoms with van der Waals surface area (Å²) in [4.78, 5) is 183. The van der Waals surface area contributed by atoms with E-state index in [1.54, 1.807) is 75.3 Å². The second kappa shape index (κ2) is 75.8. The minimum absolute atomic E-state index is 0.0128. The highest BCUT2D eigenvalue weighted by molar-refractivity contribution is 7.99. The van der Waals surface area contributed by atoms with Crippen molar-refractivity contribution in [2.24, 2.45) is 49.7 Å². The van der Waals surface area contributed by atoms with E-state index in [-0.39, 0.29) is 138 Å². The summed E-state index contributed by atoms with van der Waals surface area (Å²) in [5, 5.41) is 40.6. The number of methoxy groups -OCH3 is 1. The molecule has 2 amide bonds. The van der Waals surface area contributed by atoms with Crippen molar-refractivity contribution in [3.63, 3.8) is 0 Å².